The van der Waals surface area contributed by atoms with Gasteiger partial charge in [0, 0.05) is 28.1 Å². The highest BCUT2D eigenvalue weighted by Crippen LogP contribution is 2.38. The predicted molar refractivity (Wildman–Crippen MR) is 144 cm³/mol. The van der Waals surface area contributed by atoms with Crippen LogP contribution >= 0.6 is 39.3 Å². The fourth-order valence-corrected chi connectivity index (χ4v) is 5.49. The van der Waals surface area contributed by atoms with Crippen molar-refractivity contribution >= 4 is 62.4 Å². The summed E-state index contributed by atoms with van der Waals surface area (Å²) in [6.45, 7) is 1.36. The molecular weight excluding hydrogens is 568 g/mol. The topological polar surface area (TPSA) is 76.2 Å². The van der Waals surface area contributed by atoms with Crippen LogP contribution in [0.1, 0.15) is 36.8 Å². The van der Waals surface area contributed by atoms with E-state index in [0.717, 1.165) is 47.9 Å². The fraction of sp³-hybridized carbons (Fsp3) is 0.346. The van der Waals surface area contributed by atoms with E-state index >= 15 is 0 Å². The zero-order valence-electron chi connectivity index (χ0n) is 19.8. The Hall–Kier alpha value is -2.49. The zero-order chi connectivity index (χ0) is 25.7. The summed E-state index contributed by atoms with van der Waals surface area (Å²) in [5, 5.41) is 0.161. The average Bonchev–Trinajstić information content (AvgIpc) is 3.05. The molecular formula is C26H26BrClN2O5S. The van der Waals surface area contributed by atoms with Crippen LogP contribution in [-0.2, 0) is 16.2 Å². The number of methoxy groups -OCH3 is 1. The second-order valence-corrected chi connectivity index (χ2v) is 10.7. The Morgan fingerprint density at radius 1 is 1.11 bits per heavy atom. The van der Waals surface area contributed by atoms with Crippen LogP contribution in [0.25, 0.3) is 6.08 Å². The number of imide groups is 1. The molecule has 0 radical (unpaired) electrons. The fourth-order valence-electron chi connectivity index (χ4n) is 4.04. The second kappa shape index (κ2) is 12.2. The van der Waals surface area contributed by atoms with E-state index in [1.807, 2.05) is 18.2 Å². The van der Waals surface area contributed by atoms with Crippen LogP contribution < -0.4 is 9.47 Å². The van der Waals surface area contributed by atoms with Crippen molar-refractivity contribution in [1.29, 1.82) is 0 Å². The Morgan fingerprint density at radius 3 is 2.53 bits per heavy atom. The van der Waals surface area contributed by atoms with Crippen molar-refractivity contribution in [3.05, 3.63) is 61.9 Å². The Balaban J connectivity index is 1.48. The van der Waals surface area contributed by atoms with Gasteiger partial charge >= 0.3 is 0 Å². The molecule has 0 N–H and O–H groups in total. The summed E-state index contributed by atoms with van der Waals surface area (Å²) in [4.78, 5) is 41.3. The van der Waals surface area contributed by atoms with Crippen LogP contribution in [0.5, 0.6) is 11.5 Å². The molecule has 0 atom stereocenters. The van der Waals surface area contributed by atoms with Gasteiger partial charge in [0.05, 0.1) is 12.0 Å². The lowest BCUT2D eigenvalue weighted by atomic mass is 10.1. The maximum atomic E-state index is 13.0. The van der Waals surface area contributed by atoms with Crippen LogP contribution in [0.3, 0.4) is 0 Å². The Bertz CT molecular complexity index is 1200. The maximum absolute atomic E-state index is 13.0. The summed E-state index contributed by atoms with van der Waals surface area (Å²) in [6.07, 6.45) is 5.70. The molecule has 2 heterocycles. The third kappa shape index (κ3) is 6.25. The van der Waals surface area contributed by atoms with E-state index in [1.54, 1.807) is 29.2 Å². The number of amides is 3. The average molecular weight is 594 g/mol. The summed E-state index contributed by atoms with van der Waals surface area (Å²) in [6, 6.07) is 10.9. The molecule has 0 aliphatic carbocycles. The van der Waals surface area contributed by atoms with Crippen LogP contribution in [-0.4, -0.2) is 53.6 Å². The lowest BCUT2D eigenvalue weighted by Crippen LogP contribution is -2.42. The molecule has 2 aromatic carbocycles. The molecule has 7 nitrogen and oxygen atoms in total. The quantitative estimate of drug-likeness (QED) is 0.360. The first-order valence-corrected chi connectivity index (χ1v) is 13.6. The van der Waals surface area contributed by atoms with Gasteiger partial charge in [-0.15, -0.1) is 0 Å². The first-order valence-electron chi connectivity index (χ1n) is 11.6. The minimum atomic E-state index is -0.474. The number of hydrogen-bond donors (Lipinski definition) is 0. The van der Waals surface area contributed by atoms with E-state index in [-0.39, 0.29) is 24.0 Å². The standard InChI is InChI=1S/C26H26BrClN2O5S/c1-34-21-12-18(19(27)14-22(21)35-16-17-8-4-5-9-20(17)28)13-23-25(32)30(26(33)36-23)15-24(31)29-10-6-2-3-7-11-29/h4-5,8-9,12-14H,2-3,6-7,10-11,15-16H2,1H3. The molecule has 0 aromatic heterocycles. The maximum Gasteiger partial charge on any atom is 0.294 e. The van der Waals surface area contributed by atoms with Crippen LogP contribution in [0.2, 0.25) is 5.02 Å². The highest BCUT2D eigenvalue weighted by atomic mass is 79.9. The largest absolute Gasteiger partial charge is 0.493 e. The lowest BCUT2D eigenvalue weighted by molar-refractivity contribution is -0.135. The van der Waals surface area contributed by atoms with E-state index in [0.29, 0.717) is 39.6 Å². The third-order valence-electron chi connectivity index (χ3n) is 6.04. The molecule has 0 bridgehead atoms. The molecule has 2 fully saturated rings. The van der Waals surface area contributed by atoms with Crippen LogP contribution in [0.4, 0.5) is 4.79 Å². The number of halogens is 2. The zero-order valence-corrected chi connectivity index (χ0v) is 23.0. The number of likely N-dealkylation sites (tertiary alicyclic amines) is 1. The van der Waals surface area contributed by atoms with E-state index in [4.69, 9.17) is 21.1 Å². The minimum Gasteiger partial charge on any atom is -0.493 e. The molecule has 2 aromatic rings. The van der Waals surface area contributed by atoms with Crippen LogP contribution in [0, 0.1) is 0 Å². The number of carbonyl (C=O) groups is 3. The molecule has 4 rings (SSSR count). The number of rotatable bonds is 7. The molecule has 190 valence electrons. The van der Waals surface area contributed by atoms with Crippen molar-refractivity contribution in [2.45, 2.75) is 32.3 Å². The number of benzene rings is 2. The van der Waals surface area contributed by atoms with Crippen molar-refractivity contribution in [2.75, 3.05) is 26.7 Å². The van der Waals surface area contributed by atoms with E-state index < -0.39 is 11.1 Å². The van der Waals surface area contributed by atoms with Gasteiger partial charge in [0.1, 0.15) is 13.2 Å². The smallest absolute Gasteiger partial charge is 0.294 e. The molecule has 10 heteroatoms. The van der Waals surface area contributed by atoms with Crippen molar-refractivity contribution < 1.29 is 23.9 Å². The van der Waals surface area contributed by atoms with Gasteiger partial charge in [-0.25, -0.2) is 0 Å². The number of ether oxygens (including phenoxy) is 2. The third-order valence-corrected chi connectivity index (χ3v) is 8.00. The summed E-state index contributed by atoms with van der Waals surface area (Å²) >= 11 is 10.6. The molecule has 2 saturated heterocycles. The summed E-state index contributed by atoms with van der Waals surface area (Å²) in [5.41, 5.74) is 1.48. The number of carbonyl (C=O) groups excluding carboxylic acids is 3. The van der Waals surface area contributed by atoms with Crippen molar-refractivity contribution in [1.82, 2.24) is 9.80 Å². The van der Waals surface area contributed by atoms with Gasteiger partial charge < -0.3 is 14.4 Å². The summed E-state index contributed by atoms with van der Waals surface area (Å²) < 4.78 is 12.1. The second-order valence-electron chi connectivity index (χ2n) is 8.47. The highest BCUT2D eigenvalue weighted by molar-refractivity contribution is 9.10. The molecule has 0 unspecified atom stereocenters. The monoisotopic (exact) mass is 592 g/mol. The van der Waals surface area contributed by atoms with E-state index in [9.17, 15) is 14.4 Å². The van der Waals surface area contributed by atoms with E-state index in [2.05, 4.69) is 15.9 Å². The Labute approximate surface area is 227 Å². The van der Waals surface area contributed by atoms with Gasteiger partial charge in [-0.05, 0) is 54.4 Å². The van der Waals surface area contributed by atoms with Gasteiger partial charge in [-0.1, -0.05) is 58.6 Å². The Kier molecular flexibility index (Phi) is 8.98. The van der Waals surface area contributed by atoms with Crippen molar-refractivity contribution in [3.63, 3.8) is 0 Å². The number of nitrogens with zero attached hydrogens (tertiary/aromatic N) is 2. The van der Waals surface area contributed by atoms with Crippen molar-refractivity contribution in [3.8, 4) is 11.5 Å². The van der Waals surface area contributed by atoms with Gasteiger partial charge in [-0.2, -0.15) is 0 Å². The molecule has 3 amide bonds. The molecule has 0 spiro atoms. The first-order chi connectivity index (χ1) is 17.4. The lowest BCUT2D eigenvalue weighted by Gasteiger charge is -2.22. The Morgan fingerprint density at radius 2 is 1.83 bits per heavy atom. The van der Waals surface area contributed by atoms with Gasteiger partial charge in [0.15, 0.2) is 11.5 Å². The normalized spacial score (nSPS) is 17.5. The summed E-state index contributed by atoms with van der Waals surface area (Å²) in [5.74, 6) is 0.297. The van der Waals surface area contributed by atoms with Crippen molar-refractivity contribution in [2.24, 2.45) is 0 Å². The summed E-state index contributed by atoms with van der Waals surface area (Å²) in [7, 11) is 1.53. The van der Waals surface area contributed by atoms with Crippen LogP contribution in [0.15, 0.2) is 45.8 Å². The first kappa shape index (κ1) is 26.6. The number of hydrogen-bond acceptors (Lipinski definition) is 6. The van der Waals surface area contributed by atoms with Gasteiger partial charge in [-0.3, -0.25) is 19.3 Å². The highest BCUT2D eigenvalue weighted by Gasteiger charge is 2.37. The minimum absolute atomic E-state index is 0.191. The molecule has 0 saturated carbocycles. The molecule has 36 heavy (non-hydrogen) atoms. The molecule has 2 aliphatic rings. The van der Waals surface area contributed by atoms with Gasteiger partial charge in [0.2, 0.25) is 5.91 Å². The van der Waals surface area contributed by atoms with Gasteiger partial charge in [0.25, 0.3) is 11.1 Å². The van der Waals surface area contributed by atoms with E-state index in [1.165, 1.54) is 7.11 Å². The number of thioether (sulfide) groups is 1. The predicted octanol–water partition coefficient (Wildman–Crippen LogP) is 6.13. The SMILES string of the molecule is COc1cc(C=C2SC(=O)N(CC(=O)N3CCCCCC3)C2=O)c(Br)cc1OCc1ccccc1Cl. The molecule has 2 aliphatic heterocycles.